The van der Waals surface area contributed by atoms with Crippen molar-refractivity contribution in [2.45, 2.75) is 39.0 Å². The Balaban J connectivity index is 1.83. The molecule has 0 unspecified atom stereocenters. The minimum atomic E-state index is -1.98. The number of cyclic esters (lactones) is 1. The molecular weight excluding hydrogens is 400 g/mol. The number of para-hydroxylation sites is 1. The first kappa shape index (κ1) is 19.7. The molecule has 4 heterocycles. The number of fused-ring (bicyclic) bond motifs is 5. The standard InChI is InChI=1S/C23H22N2O6/c1-3-23(28)17-15(11-30-22(23)27)21(26)25-10-14-9-13-7-5-6-8-16(13)24-18(14)19(25)20(17)31-12-29-4-2/h5-9,28H,3-4,10-12H2,1-2H3/t23-/m0/s1. The minimum Gasteiger partial charge on any atom is -0.465 e. The summed E-state index contributed by atoms with van der Waals surface area (Å²) in [6, 6.07) is 9.70. The molecule has 0 saturated carbocycles. The normalized spacial score (nSPS) is 19.0. The van der Waals surface area contributed by atoms with E-state index in [0.29, 0.717) is 24.5 Å². The molecule has 0 aliphatic carbocycles. The van der Waals surface area contributed by atoms with Crippen LogP contribution in [0.15, 0.2) is 35.1 Å². The molecule has 31 heavy (non-hydrogen) atoms. The van der Waals surface area contributed by atoms with E-state index in [4.69, 9.17) is 19.2 Å². The molecule has 1 aromatic carbocycles. The molecule has 0 fully saturated rings. The van der Waals surface area contributed by atoms with Crippen molar-refractivity contribution in [3.8, 4) is 17.1 Å². The fourth-order valence-electron chi connectivity index (χ4n) is 4.37. The number of ether oxygens (including phenoxy) is 3. The van der Waals surface area contributed by atoms with Crippen LogP contribution in [0.25, 0.3) is 22.3 Å². The predicted octanol–water partition coefficient (Wildman–Crippen LogP) is 2.45. The van der Waals surface area contributed by atoms with Gasteiger partial charge in [-0.25, -0.2) is 9.78 Å². The lowest BCUT2D eigenvalue weighted by molar-refractivity contribution is -0.172. The van der Waals surface area contributed by atoms with Crippen molar-refractivity contribution >= 4 is 16.9 Å². The zero-order chi connectivity index (χ0) is 21.8. The Morgan fingerprint density at radius 1 is 1.26 bits per heavy atom. The van der Waals surface area contributed by atoms with Crippen molar-refractivity contribution in [1.82, 2.24) is 9.55 Å². The Morgan fingerprint density at radius 2 is 2.06 bits per heavy atom. The zero-order valence-corrected chi connectivity index (χ0v) is 17.3. The van der Waals surface area contributed by atoms with Gasteiger partial charge in [0, 0.05) is 17.6 Å². The summed E-state index contributed by atoms with van der Waals surface area (Å²) in [7, 11) is 0. The molecule has 8 heteroatoms. The second-order valence-corrected chi connectivity index (χ2v) is 7.66. The van der Waals surface area contributed by atoms with Gasteiger partial charge in [-0.05, 0) is 25.5 Å². The summed E-state index contributed by atoms with van der Waals surface area (Å²) >= 11 is 0. The largest absolute Gasteiger partial charge is 0.465 e. The van der Waals surface area contributed by atoms with E-state index in [1.165, 1.54) is 0 Å². The second-order valence-electron chi connectivity index (χ2n) is 7.66. The topological polar surface area (TPSA) is 99.9 Å². The van der Waals surface area contributed by atoms with E-state index >= 15 is 0 Å². The zero-order valence-electron chi connectivity index (χ0n) is 17.3. The van der Waals surface area contributed by atoms with E-state index in [0.717, 1.165) is 16.5 Å². The number of aromatic nitrogens is 2. The molecule has 0 bridgehead atoms. The average Bonchev–Trinajstić information content (AvgIpc) is 3.15. The lowest BCUT2D eigenvalue weighted by Gasteiger charge is -2.33. The van der Waals surface area contributed by atoms with Gasteiger partial charge in [0.05, 0.1) is 28.9 Å². The van der Waals surface area contributed by atoms with Crippen LogP contribution in [0, 0.1) is 0 Å². The highest BCUT2D eigenvalue weighted by Gasteiger charge is 2.49. The predicted molar refractivity (Wildman–Crippen MR) is 112 cm³/mol. The highest BCUT2D eigenvalue weighted by Crippen LogP contribution is 2.46. The van der Waals surface area contributed by atoms with E-state index < -0.39 is 11.6 Å². The van der Waals surface area contributed by atoms with Gasteiger partial charge in [-0.15, -0.1) is 0 Å². The lowest BCUT2D eigenvalue weighted by Crippen LogP contribution is -2.45. The number of benzene rings is 1. The monoisotopic (exact) mass is 422 g/mol. The van der Waals surface area contributed by atoms with Crippen molar-refractivity contribution in [3.63, 3.8) is 0 Å². The molecule has 1 atom stereocenters. The smallest absolute Gasteiger partial charge is 0.343 e. The number of hydrogen-bond donors (Lipinski definition) is 1. The molecule has 0 spiro atoms. The van der Waals surface area contributed by atoms with Crippen LogP contribution in [-0.4, -0.2) is 34.0 Å². The summed E-state index contributed by atoms with van der Waals surface area (Å²) in [6.45, 7) is 3.93. The molecular formula is C23H22N2O6. The summed E-state index contributed by atoms with van der Waals surface area (Å²) in [5.41, 5.74) is 0.765. The first-order chi connectivity index (χ1) is 15.0. The van der Waals surface area contributed by atoms with E-state index in [1.54, 1.807) is 11.5 Å². The van der Waals surface area contributed by atoms with Gasteiger partial charge in [0.15, 0.2) is 18.1 Å². The third kappa shape index (κ3) is 2.79. The molecule has 0 radical (unpaired) electrons. The van der Waals surface area contributed by atoms with Gasteiger partial charge in [-0.3, -0.25) is 9.36 Å². The Morgan fingerprint density at radius 3 is 2.84 bits per heavy atom. The van der Waals surface area contributed by atoms with Crippen molar-refractivity contribution < 1.29 is 24.1 Å². The van der Waals surface area contributed by atoms with E-state index in [-0.39, 0.29) is 42.3 Å². The molecule has 5 rings (SSSR count). The van der Waals surface area contributed by atoms with E-state index in [1.807, 2.05) is 37.3 Å². The first-order valence-electron chi connectivity index (χ1n) is 10.3. The van der Waals surface area contributed by atoms with Crippen molar-refractivity contribution in [2.75, 3.05) is 13.4 Å². The Hall–Kier alpha value is -3.23. The first-order valence-corrected chi connectivity index (χ1v) is 10.3. The van der Waals surface area contributed by atoms with Gasteiger partial charge in [0.1, 0.15) is 12.3 Å². The summed E-state index contributed by atoms with van der Waals surface area (Å²) in [5.74, 6) is -0.552. The number of pyridine rings is 2. The second kappa shape index (κ2) is 7.18. The average molecular weight is 422 g/mol. The summed E-state index contributed by atoms with van der Waals surface area (Å²) in [5, 5.41) is 12.2. The molecule has 2 aromatic heterocycles. The quantitative estimate of drug-likeness (QED) is 0.300. The summed E-state index contributed by atoms with van der Waals surface area (Å²) in [4.78, 5) is 30.7. The molecule has 1 N–H and O–H groups in total. The summed E-state index contributed by atoms with van der Waals surface area (Å²) in [6.07, 6.45) is 0.0325. The number of esters is 1. The lowest BCUT2D eigenvalue weighted by atomic mass is 9.85. The number of hydrogen-bond acceptors (Lipinski definition) is 7. The molecule has 2 aliphatic rings. The fraction of sp³-hybridized carbons (Fsp3) is 0.348. The van der Waals surface area contributed by atoms with E-state index in [9.17, 15) is 14.7 Å². The van der Waals surface area contributed by atoms with Crippen LogP contribution in [-0.2, 0) is 33.0 Å². The maximum absolute atomic E-state index is 13.4. The maximum Gasteiger partial charge on any atom is 0.343 e. The van der Waals surface area contributed by atoms with Crippen LogP contribution in [0.4, 0.5) is 0 Å². The van der Waals surface area contributed by atoms with Crippen LogP contribution >= 0.6 is 0 Å². The van der Waals surface area contributed by atoms with Gasteiger partial charge in [-0.1, -0.05) is 25.1 Å². The van der Waals surface area contributed by atoms with Crippen molar-refractivity contribution in [3.05, 3.63) is 57.4 Å². The minimum absolute atomic E-state index is 0.0325. The Labute approximate surface area is 178 Å². The van der Waals surface area contributed by atoms with Gasteiger partial charge in [0.25, 0.3) is 5.56 Å². The summed E-state index contributed by atoms with van der Waals surface area (Å²) < 4.78 is 18.1. The SMILES string of the molecule is CCOCOc1c2c(c(=O)n3c1-c1nc4ccccc4cc1C3)COC(=O)[C@]2(O)CC. The maximum atomic E-state index is 13.4. The molecule has 0 amide bonds. The third-order valence-electron chi connectivity index (χ3n) is 5.97. The molecule has 160 valence electrons. The Kier molecular flexibility index (Phi) is 4.56. The molecule has 3 aromatic rings. The van der Waals surface area contributed by atoms with Gasteiger partial charge in [-0.2, -0.15) is 0 Å². The van der Waals surface area contributed by atoms with Gasteiger partial charge >= 0.3 is 5.97 Å². The number of carbonyl (C=O) groups is 1. The number of nitrogens with zero attached hydrogens (tertiary/aromatic N) is 2. The van der Waals surface area contributed by atoms with Gasteiger partial charge < -0.3 is 19.3 Å². The van der Waals surface area contributed by atoms with Crippen LogP contribution in [0.5, 0.6) is 5.75 Å². The van der Waals surface area contributed by atoms with Crippen LogP contribution < -0.4 is 10.3 Å². The highest BCUT2D eigenvalue weighted by molar-refractivity contribution is 5.89. The molecule has 2 aliphatic heterocycles. The van der Waals surface area contributed by atoms with Crippen LogP contribution in [0.1, 0.15) is 37.0 Å². The third-order valence-corrected chi connectivity index (χ3v) is 5.97. The van der Waals surface area contributed by atoms with E-state index in [2.05, 4.69) is 0 Å². The van der Waals surface area contributed by atoms with Crippen LogP contribution in [0.3, 0.4) is 0 Å². The molecule has 8 nitrogen and oxygen atoms in total. The fourth-order valence-corrected chi connectivity index (χ4v) is 4.37. The number of rotatable bonds is 5. The van der Waals surface area contributed by atoms with Gasteiger partial charge in [0.2, 0.25) is 0 Å². The van der Waals surface area contributed by atoms with Crippen molar-refractivity contribution in [1.29, 1.82) is 0 Å². The van der Waals surface area contributed by atoms with Crippen LogP contribution in [0.2, 0.25) is 0 Å². The Bertz CT molecular complexity index is 1280. The highest BCUT2D eigenvalue weighted by atomic mass is 16.7. The number of aliphatic hydroxyl groups is 1. The number of carbonyl (C=O) groups excluding carboxylic acids is 1. The van der Waals surface area contributed by atoms with Crippen molar-refractivity contribution in [2.24, 2.45) is 0 Å². The molecule has 0 saturated heterocycles.